The molecule has 1 aromatic rings. The van der Waals surface area contributed by atoms with Crippen molar-refractivity contribution in [2.24, 2.45) is 0 Å². The molecule has 2 unspecified atom stereocenters. The van der Waals surface area contributed by atoms with Crippen LogP contribution < -0.4 is 10.2 Å². The number of thiazole rings is 1. The van der Waals surface area contributed by atoms with Crippen LogP contribution in [0.15, 0.2) is 0 Å². The summed E-state index contributed by atoms with van der Waals surface area (Å²) in [4.78, 5) is 11.3. The average Bonchev–Trinajstić information content (AvgIpc) is 3.06. The van der Waals surface area contributed by atoms with E-state index in [-0.39, 0.29) is 0 Å². The highest BCUT2D eigenvalue weighted by Gasteiger charge is 2.29. The number of fused-ring (bicyclic) bond motifs is 1. The Morgan fingerprint density at radius 1 is 1.40 bits per heavy atom. The Kier molecular flexibility index (Phi) is 4.29. The molecular weight excluding hydrogens is 268 g/mol. The van der Waals surface area contributed by atoms with E-state index >= 15 is 0 Å². The fourth-order valence-corrected chi connectivity index (χ4v) is 4.52. The predicted octanol–water partition coefficient (Wildman–Crippen LogP) is 2.27. The van der Waals surface area contributed by atoms with E-state index in [1.54, 1.807) is 0 Å². The first-order chi connectivity index (χ1) is 9.69. The summed E-state index contributed by atoms with van der Waals surface area (Å²) in [7, 11) is 4.37. The van der Waals surface area contributed by atoms with Gasteiger partial charge >= 0.3 is 0 Å². The summed E-state index contributed by atoms with van der Waals surface area (Å²) in [5.41, 5.74) is 1.34. The molecule has 1 aromatic heterocycles. The van der Waals surface area contributed by atoms with Crippen LogP contribution in [0.3, 0.4) is 0 Å². The Balaban J connectivity index is 1.76. The molecule has 0 aromatic carbocycles. The number of likely N-dealkylation sites (N-methyl/N-ethyl adjacent to an activating group) is 1. The van der Waals surface area contributed by atoms with Gasteiger partial charge in [0, 0.05) is 24.0 Å². The minimum atomic E-state index is 0.487. The molecule has 1 fully saturated rings. The second-order valence-corrected chi connectivity index (χ2v) is 7.22. The summed E-state index contributed by atoms with van der Waals surface area (Å²) < 4.78 is 0. The lowest BCUT2D eigenvalue weighted by Crippen LogP contribution is -2.31. The topological polar surface area (TPSA) is 31.4 Å². The van der Waals surface area contributed by atoms with Crippen LogP contribution in [0, 0.1) is 0 Å². The lowest BCUT2D eigenvalue weighted by molar-refractivity contribution is 0.315. The first-order valence-corrected chi connectivity index (χ1v) is 8.65. The smallest absolute Gasteiger partial charge is 0.185 e. The van der Waals surface area contributed by atoms with E-state index in [0.717, 1.165) is 19.6 Å². The Hall–Kier alpha value is -0.650. The highest BCUT2D eigenvalue weighted by Crippen LogP contribution is 2.37. The van der Waals surface area contributed by atoms with Crippen molar-refractivity contribution in [2.75, 3.05) is 38.6 Å². The van der Waals surface area contributed by atoms with E-state index < -0.39 is 0 Å². The van der Waals surface area contributed by atoms with Crippen LogP contribution in [0.4, 0.5) is 5.13 Å². The third kappa shape index (κ3) is 2.71. The lowest BCUT2D eigenvalue weighted by atomic mass is 9.98. The summed E-state index contributed by atoms with van der Waals surface area (Å²) in [6.45, 7) is 5.50. The molecule has 5 heteroatoms. The van der Waals surface area contributed by atoms with Crippen LogP contribution in [0.1, 0.15) is 42.8 Å². The third-order valence-electron chi connectivity index (χ3n) is 4.56. The molecular formula is C15H26N4S. The van der Waals surface area contributed by atoms with E-state index in [1.807, 2.05) is 11.3 Å². The molecule has 2 heterocycles. The largest absolute Gasteiger partial charge is 0.346 e. The van der Waals surface area contributed by atoms with Gasteiger partial charge in [0.05, 0.1) is 11.7 Å². The van der Waals surface area contributed by atoms with E-state index in [1.165, 1.54) is 41.4 Å². The molecule has 0 radical (unpaired) electrons. The Bertz CT molecular complexity index is 457. The van der Waals surface area contributed by atoms with Crippen molar-refractivity contribution >= 4 is 16.5 Å². The maximum Gasteiger partial charge on any atom is 0.185 e. The van der Waals surface area contributed by atoms with Gasteiger partial charge in [-0.3, -0.25) is 0 Å². The maximum absolute atomic E-state index is 4.99. The fourth-order valence-electron chi connectivity index (χ4n) is 3.32. The Morgan fingerprint density at radius 2 is 2.25 bits per heavy atom. The van der Waals surface area contributed by atoms with Gasteiger partial charge in [0.2, 0.25) is 0 Å². The van der Waals surface area contributed by atoms with Crippen molar-refractivity contribution in [1.82, 2.24) is 15.2 Å². The molecule has 0 saturated carbocycles. The Labute approximate surface area is 126 Å². The first kappa shape index (κ1) is 14.3. The molecule has 2 atom stereocenters. The monoisotopic (exact) mass is 294 g/mol. The molecule has 1 N–H and O–H groups in total. The number of aromatic nitrogens is 1. The van der Waals surface area contributed by atoms with Gasteiger partial charge in [-0.15, -0.1) is 11.3 Å². The Morgan fingerprint density at radius 3 is 2.95 bits per heavy atom. The van der Waals surface area contributed by atoms with Gasteiger partial charge in [0.25, 0.3) is 0 Å². The molecule has 1 aliphatic heterocycles. The molecule has 20 heavy (non-hydrogen) atoms. The maximum atomic E-state index is 4.99. The molecule has 2 aliphatic rings. The standard InChI is InChI=1S/C15H26N4S/c1-4-16-12-6-5-7-13-14(12)17-15(20-13)19-9-8-11(10-19)18(2)3/h11-12,16H,4-10H2,1-3H3. The number of rotatable bonds is 4. The van der Waals surface area contributed by atoms with E-state index in [0.29, 0.717) is 12.1 Å². The van der Waals surface area contributed by atoms with Gasteiger partial charge in [-0.1, -0.05) is 6.92 Å². The van der Waals surface area contributed by atoms with Crippen LogP contribution in [0.5, 0.6) is 0 Å². The van der Waals surface area contributed by atoms with Gasteiger partial charge in [0.1, 0.15) is 0 Å². The number of nitrogens with zero attached hydrogens (tertiary/aromatic N) is 3. The van der Waals surface area contributed by atoms with Crippen molar-refractivity contribution in [1.29, 1.82) is 0 Å². The molecule has 3 rings (SSSR count). The van der Waals surface area contributed by atoms with Crippen LogP contribution >= 0.6 is 11.3 Å². The predicted molar refractivity (Wildman–Crippen MR) is 85.8 cm³/mol. The van der Waals surface area contributed by atoms with E-state index in [4.69, 9.17) is 4.98 Å². The quantitative estimate of drug-likeness (QED) is 0.923. The summed E-state index contributed by atoms with van der Waals surface area (Å²) >= 11 is 1.93. The highest BCUT2D eigenvalue weighted by atomic mass is 32.1. The molecule has 1 saturated heterocycles. The number of nitrogens with one attached hydrogen (secondary N) is 1. The van der Waals surface area contributed by atoms with E-state index in [2.05, 4.69) is 36.1 Å². The fraction of sp³-hybridized carbons (Fsp3) is 0.800. The third-order valence-corrected chi connectivity index (χ3v) is 5.75. The van der Waals surface area contributed by atoms with Crippen LogP contribution in [-0.4, -0.2) is 49.7 Å². The second-order valence-electron chi connectivity index (χ2n) is 6.16. The number of aryl methyl sites for hydroxylation is 1. The average molecular weight is 294 g/mol. The summed E-state index contributed by atoms with van der Waals surface area (Å²) in [5.74, 6) is 0. The first-order valence-electron chi connectivity index (χ1n) is 7.83. The molecule has 0 bridgehead atoms. The second kappa shape index (κ2) is 6.00. The molecule has 1 aliphatic carbocycles. The van der Waals surface area contributed by atoms with Gasteiger partial charge in [-0.2, -0.15) is 0 Å². The number of hydrogen-bond acceptors (Lipinski definition) is 5. The molecule has 112 valence electrons. The van der Waals surface area contributed by atoms with Crippen molar-refractivity contribution in [2.45, 2.75) is 44.7 Å². The number of hydrogen-bond donors (Lipinski definition) is 1. The summed E-state index contributed by atoms with van der Waals surface area (Å²) in [6, 6.07) is 1.17. The summed E-state index contributed by atoms with van der Waals surface area (Å²) in [5, 5.41) is 4.84. The minimum absolute atomic E-state index is 0.487. The minimum Gasteiger partial charge on any atom is -0.346 e. The molecule has 4 nitrogen and oxygen atoms in total. The van der Waals surface area contributed by atoms with Crippen LogP contribution in [-0.2, 0) is 6.42 Å². The zero-order chi connectivity index (χ0) is 14.1. The van der Waals surface area contributed by atoms with Gasteiger partial charge in [-0.25, -0.2) is 4.98 Å². The van der Waals surface area contributed by atoms with E-state index in [9.17, 15) is 0 Å². The highest BCUT2D eigenvalue weighted by molar-refractivity contribution is 7.15. The zero-order valence-corrected chi connectivity index (χ0v) is 13.7. The summed E-state index contributed by atoms with van der Waals surface area (Å²) in [6.07, 6.45) is 5.02. The van der Waals surface area contributed by atoms with Gasteiger partial charge in [-0.05, 0) is 46.3 Å². The molecule has 0 amide bonds. The lowest BCUT2D eigenvalue weighted by Gasteiger charge is -2.21. The van der Waals surface area contributed by atoms with Crippen LogP contribution in [0.25, 0.3) is 0 Å². The van der Waals surface area contributed by atoms with Gasteiger partial charge in [0.15, 0.2) is 5.13 Å². The molecule has 0 spiro atoms. The number of anilines is 1. The van der Waals surface area contributed by atoms with Gasteiger partial charge < -0.3 is 15.1 Å². The van der Waals surface area contributed by atoms with Crippen molar-refractivity contribution in [3.63, 3.8) is 0 Å². The van der Waals surface area contributed by atoms with Crippen LogP contribution in [0.2, 0.25) is 0 Å². The normalized spacial score (nSPS) is 26.3. The van der Waals surface area contributed by atoms with Crippen molar-refractivity contribution < 1.29 is 0 Å². The zero-order valence-electron chi connectivity index (χ0n) is 12.9. The van der Waals surface area contributed by atoms with Crippen molar-refractivity contribution in [3.05, 3.63) is 10.6 Å². The van der Waals surface area contributed by atoms with Crippen molar-refractivity contribution in [3.8, 4) is 0 Å². The SMILES string of the molecule is CCNC1CCCc2sc(N3CCC(N(C)C)C3)nc21.